The van der Waals surface area contributed by atoms with E-state index in [-0.39, 0.29) is 12.6 Å². The zero-order chi connectivity index (χ0) is 27.9. The van der Waals surface area contributed by atoms with Crippen LogP contribution in [0, 0.1) is 6.92 Å². The first-order valence-electron chi connectivity index (χ1n) is 13.8. The van der Waals surface area contributed by atoms with Gasteiger partial charge in [-0.25, -0.2) is 19.3 Å². The second kappa shape index (κ2) is 13.6. The molecule has 3 N–H and O–H groups in total. The van der Waals surface area contributed by atoms with Crippen molar-refractivity contribution in [2.75, 3.05) is 82.8 Å². The highest BCUT2D eigenvalue weighted by Crippen LogP contribution is 2.36. The van der Waals surface area contributed by atoms with Crippen LogP contribution in [0.1, 0.15) is 17.5 Å². The van der Waals surface area contributed by atoms with E-state index in [1.54, 1.807) is 12.4 Å². The molecule has 12 heteroatoms. The number of rotatable bonds is 8. The highest BCUT2D eigenvalue weighted by atomic mass is 32.2. The summed E-state index contributed by atoms with van der Waals surface area (Å²) >= 11 is 1.81. The van der Waals surface area contributed by atoms with Crippen LogP contribution >= 0.6 is 11.9 Å². The SMILES string of the molecule is C=N/C(=N\C1=C(Cc2cnc(N)nc2)CCN1c1ccc(SN2CCN(CCO)CC2)cc1C)N1CCOCC1. The second-order valence-corrected chi connectivity index (χ2v) is 11.3. The van der Waals surface area contributed by atoms with Gasteiger partial charge >= 0.3 is 0 Å². The van der Waals surface area contributed by atoms with Crippen LogP contribution in [0.2, 0.25) is 0 Å². The molecule has 214 valence electrons. The average molecular weight is 566 g/mol. The normalized spacial score (nSPS) is 19.5. The minimum Gasteiger partial charge on any atom is -0.395 e. The van der Waals surface area contributed by atoms with Crippen molar-refractivity contribution in [1.29, 1.82) is 0 Å². The van der Waals surface area contributed by atoms with Crippen molar-refractivity contribution in [3.05, 3.63) is 53.1 Å². The van der Waals surface area contributed by atoms with E-state index < -0.39 is 0 Å². The summed E-state index contributed by atoms with van der Waals surface area (Å²) in [5.74, 6) is 1.81. The predicted molar refractivity (Wildman–Crippen MR) is 161 cm³/mol. The van der Waals surface area contributed by atoms with Gasteiger partial charge in [0.05, 0.1) is 19.8 Å². The quantitative estimate of drug-likeness (QED) is 0.280. The molecular formula is C28H39N9O2S. The fourth-order valence-corrected chi connectivity index (χ4v) is 6.29. The number of aliphatic hydroxyl groups excluding tert-OH is 1. The molecule has 0 amide bonds. The van der Waals surface area contributed by atoms with Crippen molar-refractivity contribution in [3.8, 4) is 0 Å². The number of aliphatic imine (C=N–C) groups is 2. The van der Waals surface area contributed by atoms with Crippen LogP contribution in [0.3, 0.4) is 0 Å². The fraction of sp³-hybridized carbons (Fsp3) is 0.500. The largest absolute Gasteiger partial charge is 0.395 e. The van der Waals surface area contributed by atoms with Crippen LogP contribution in [-0.4, -0.2) is 114 Å². The van der Waals surface area contributed by atoms with Gasteiger partial charge in [-0.3, -0.25) is 4.90 Å². The third-order valence-electron chi connectivity index (χ3n) is 7.43. The maximum Gasteiger partial charge on any atom is 0.226 e. The summed E-state index contributed by atoms with van der Waals surface area (Å²) < 4.78 is 7.95. The Kier molecular flexibility index (Phi) is 9.66. The lowest BCUT2D eigenvalue weighted by Gasteiger charge is -2.33. The van der Waals surface area contributed by atoms with Gasteiger partial charge in [0.25, 0.3) is 0 Å². The number of ether oxygens (including phenoxy) is 1. The molecule has 0 aliphatic carbocycles. The molecule has 1 aromatic carbocycles. The molecule has 2 aromatic rings. The van der Waals surface area contributed by atoms with Crippen molar-refractivity contribution in [1.82, 2.24) is 24.1 Å². The molecule has 0 atom stereocenters. The first-order chi connectivity index (χ1) is 19.5. The molecule has 0 radical (unpaired) electrons. The van der Waals surface area contributed by atoms with Gasteiger partial charge in [0.15, 0.2) is 0 Å². The summed E-state index contributed by atoms with van der Waals surface area (Å²) in [4.78, 5) is 25.8. The number of guanidine groups is 1. The topological polar surface area (TPSA) is 119 Å². The third-order valence-corrected chi connectivity index (χ3v) is 8.52. The van der Waals surface area contributed by atoms with Gasteiger partial charge in [0, 0.05) is 81.8 Å². The van der Waals surface area contributed by atoms with Crippen LogP contribution in [0.25, 0.3) is 0 Å². The molecule has 1 aromatic heterocycles. The van der Waals surface area contributed by atoms with Crippen LogP contribution in [0.15, 0.2) is 56.9 Å². The van der Waals surface area contributed by atoms with Gasteiger partial charge in [0.1, 0.15) is 5.82 Å². The predicted octanol–water partition coefficient (Wildman–Crippen LogP) is 2.04. The number of nitrogen functional groups attached to an aromatic ring is 1. The number of hydrogen-bond donors (Lipinski definition) is 2. The summed E-state index contributed by atoms with van der Waals surface area (Å²) in [7, 11) is 0. The van der Waals surface area contributed by atoms with E-state index in [1.807, 2.05) is 11.9 Å². The van der Waals surface area contributed by atoms with Gasteiger partial charge in [-0.1, -0.05) is 0 Å². The van der Waals surface area contributed by atoms with Gasteiger partial charge < -0.3 is 25.4 Å². The molecule has 0 spiro atoms. The zero-order valence-electron chi connectivity index (χ0n) is 23.2. The van der Waals surface area contributed by atoms with Gasteiger partial charge in [-0.15, -0.1) is 0 Å². The average Bonchev–Trinajstić information content (AvgIpc) is 3.36. The Hall–Kier alpha value is -3.03. The molecule has 4 heterocycles. The molecule has 40 heavy (non-hydrogen) atoms. The first-order valence-corrected chi connectivity index (χ1v) is 14.6. The van der Waals surface area contributed by atoms with Crippen LogP contribution in [0.4, 0.5) is 11.6 Å². The van der Waals surface area contributed by atoms with E-state index in [1.165, 1.54) is 16.0 Å². The Morgan fingerprint density at radius 2 is 1.85 bits per heavy atom. The van der Waals surface area contributed by atoms with E-state index >= 15 is 0 Å². The Morgan fingerprint density at radius 1 is 1.10 bits per heavy atom. The fourth-order valence-electron chi connectivity index (χ4n) is 5.29. The lowest BCUT2D eigenvalue weighted by atomic mass is 10.1. The van der Waals surface area contributed by atoms with Crippen molar-refractivity contribution in [3.63, 3.8) is 0 Å². The number of β-amino-alcohol motifs (C(OH)–C–C–N with tert-alkyl or cyclic N) is 1. The van der Waals surface area contributed by atoms with E-state index in [0.29, 0.717) is 25.6 Å². The summed E-state index contributed by atoms with van der Waals surface area (Å²) in [6, 6.07) is 6.68. The molecule has 0 saturated carbocycles. The van der Waals surface area contributed by atoms with Crippen LogP contribution in [-0.2, 0) is 11.2 Å². The molecule has 5 rings (SSSR count). The van der Waals surface area contributed by atoms with Crippen molar-refractivity contribution in [2.45, 2.75) is 24.7 Å². The van der Waals surface area contributed by atoms with Crippen molar-refractivity contribution in [2.24, 2.45) is 9.98 Å². The van der Waals surface area contributed by atoms with E-state index in [0.717, 1.165) is 75.9 Å². The van der Waals surface area contributed by atoms with Gasteiger partial charge in [-0.2, -0.15) is 4.99 Å². The summed E-state index contributed by atoms with van der Waals surface area (Å²) in [5.41, 5.74) is 10.3. The number of anilines is 2. The number of nitrogens with zero attached hydrogens (tertiary/aromatic N) is 8. The van der Waals surface area contributed by atoms with Crippen LogP contribution in [0.5, 0.6) is 0 Å². The maximum atomic E-state index is 9.21. The van der Waals surface area contributed by atoms with E-state index in [9.17, 15) is 5.11 Å². The Labute approximate surface area is 240 Å². The van der Waals surface area contributed by atoms with Gasteiger partial charge in [-0.05, 0) is 66.9 Å². The Bertz CT molecular complexity index is 1220. The van der Waals surface area contributed by atoms with Gasteiger partial charge in [0.2, 0.25) is 11.9 Å². The number of nitrogens with two attached hydrogens (primary N) is 1. The summed E-state index contributed by atoms with van der Waals surface area (Å²) in [6.45, 7) is 14.5. The molecule has 2 fully saturated rings. The van der Waals surface area contributed by atoms with Crippen molar-refractivity contribution < 1.29 is 9.84 Å². The first kappa shape index (κ1) is 28.5. The molecule has 0 unspecified atom stereocenters. The number of aryl methyl sites for hydroxylation is 1. The van der Waals surface area contributed by atoms with Crippen molar-refractivity contribution >= 4 is 36.3 Å². The standard InChI is InChI=1S/C28H39N9O2S/c1-21-17-24(40-36-9-7-34(8-10-36)11-14-38)3-4-25(21)37-6-5-23(18-22-19-31-27(29)32-20-22)26(37)33-28(30-2)35-12-15-39-16-13-35/h3-4,17,19-20,38H,2,5-16,18H2,1H3,(H2,29,31,32)/b33-28+. The summed E-state index contributed by atoms with van der Waals surface area (Å²) in [5, 5.41) is 9.21. The minimum atomic E-state index is 0.219. The molecular weight excluding hydrogens is 526 g/mol. The molecule has 0 bridgehead atoms. The number of hydrogen-bond acceptors (Lipinski definition) is 10. The molecule has 3 aliphatic heterocycles. The zero-order valence-corrected chi connectivity index (χ0v) is 24.0. The number of piperazine rings is 1. The smallest absolute Gasteiger partial charge is 0.226 e. The summed E-state index contributed by atoms with van der Waals surface area (Å²) in [6.07, 6.45) is 5.15. The maximum absolute atomic E-state index is 9.21. The monoisotopic (exact) mass is 565 g/mol. The molecule has 3 aliphatic rings. The number of aromatic nitrogens is 2. The molecule has 11 nitrogen and oxygen atoms in total. The second-order valence-electron chi connectivity index (χ2n) is 10.2. The Balaban J connectivity index is 1.39. The lowest BCUT2D eigenvalue weighted by Crippen LogP contribution is -2.44. The van der Waals surface area contributed by atoms with Crippen LogP contribution < -0.4 is 10.6 Å². The lowest BCUT2D eigenvalue weighted by molar-refractivity contribution is 0.0676. The third kappa shape index (κ3) is 6.99. The highest BCUT2D eigenvalue weighted by molar-refractivity contribution is 7.97. The van der Waals surface area contributed by atoms with E-state index in [2.05, 4.69) is 65.8 Å². The number of benzene rings is 1. The Morgan fingerprint density at radius 3 is 2.52 bits per heavy atom. The molecule has 2 saturated heterocycles. The van der Waals surface area contributed by atoms with E-state index in [4.69, 9.17) is 15.5 Å². The minimum absolute atomic E-state index is 0.219. The number of morpholine rings is 1. The highest BCUT2D eigenvalue weighted by Gasteiger charge is 2.27. The number of aliphatic hydroxyl groups is 1.